The van der Waals surface area contributed by atoms with Gasteiger partial charge in [0, 0.05) is 27.6 Å². The van der Waals surface area contributed by atoms with Gasteiger partial charge >= 0.3 is 0 Å². The van der Waals surface area contributed by atoms with E-state index >= 15 is 0 Å². The molecule has 0 radical (unpaired) electrons. The number of fused-ring (bicyclic) bond motifs is 11. The fraction of sp³-hybridized carbons (Fsp3) is 0.294. The summed E-state index contributed by atoms with van der Waals surface area (Å²) in [6.45, 7) is 0. The SMILES string of the molecule is c1ccc2c(c1)-c1cc(N(c3ccc4c(c3)-c3ccccc3C43C4CC5CC(C4)CC3C5)c3cccc4oc5ccccc5c34)ccc1C21CCCC1. The Labute approximate surface area is 311 Å². The summed E-state index contributed by atoms with van der Waals surface area (Å²) < 4.78 is 6.52. The van der Waals surface area contributed by atoms with E-state index in [4.69, 9.17) is 4.42 Å². The van der Waals surface area contributed by atoms with Crippen molar-refractivity contribution in [3.63, 3.8) is 0 Å². The summed E-state index contributed by atoms with van der Waals surface area (Å²) in [6.07, 6.45) is 12.2. The number of nitrogens with zero attached hydrogens (tertiary/aromatic N) is 1. The molecule has 0 saturated heterocycles. The second kappa shape index (κ2) is 10.3. The molecule has 7 aromatic rings. The van der Waals surface area contributed by atoms with E-state index in [1.165, 1.54) is 119 Å². The third kappa shape index (κ3) is 3.66. The van der Waals surface area contributed by atoms with E-state index in [0.717, 1.165) is 34.8 Å². The van der Waals surface area contributed by atoms with E-state index in [-0.39, 0.29) is 10.8 Å². The molecule has 0 unspecified atom stereocenters. The molecule has 2 spiro atoms. The number of anilines is 3. The highest BCUT2D eigenvalue weighted by Crippen LogP contribution is 2.69. The van der Waals surface area contributed by atoms with Crippen LogP contribution in [0.4, 0.5) is 17.1 Å². The number of rotatable bonds is 3. The van der Waals surface area contributed by atoms with Crippen molar-refractivity contribution in [1.82, 2.24) is 0 Å². The van der Waals surface area contributed by atoms with E-state index in [0.29, 0.717) is 0 Å². The standard InChI is InChI=1S/C51H43NO/c1-4-13-42-37(10-1)40-29-35(18-20-43(40)50(42)22-7-8-23-50)52(46-15-9-17-48-49(46)39-12-3-6-16-47(39)53-48)36-19-21-45-41(30-36)38-11-2-5-14-44(38)51(45)33-25-31-24-32(27-33)28-34(51)26-31/h1-6,9-21,29-34H,7-8,22-28H2. The van der Waals surface area contributed by atoms with E-state index in [9.17, 15) is 0 Å². The largest absolute Gasteiger partial charge is 0.456 e. The van der Waals surface area contributed by atoms with Crippen LogP contribution in [0.1, 0.15) is 80.0 Å². The Hall–Kier alpha value is -5.08. The zero-order chi connectivity index (χ0) is 34.5. The molecule has 5 fully saturated rings. The smallest absolute Gasteiger partial charge is 0.137 e. The van der Waals surface area contributed by atoms with Gasteiger partial charge in [0.2, 0.25) is 0 Å². The van der Waals surface area contributed by atoms with Gasteiger partial charge in [0.25, 0.3) is 0 Å². The van der Waals surface area contributed by atoms with Gasteiger partial charge < -0.3 is 9.32 Å². The molecule has 7 aliphatic rings. The predicted molar refractivity (Wildman–Crippen MR) is 216 cm³/mol. The molecule has 0 atom stereocenters. The number of furan rings is 1. The Morgan fingerprint density at radius 2 is 1.06 bits per heavy atom. The van der Waals surface area contributed by atoms with Crippen LogP contribution < -0.4 is 4.90 Å². The number of benzene rings is 6. The maximum atomic E-state index is 6.52. The minimum absolute atomic E-state index is 0.153. The normalized spacial score (nSPS) is 26.4. The Kier molecular flexibility index (Phi) is 5.72. The van der Waals surface area contributed by atoms with Gasteiger partial charge in [-0.05, 0) is 156 Å². The molecule has 2 nitrogen and oxygen atoms in total. The fourth-order valence-electron chi connectivity index (χ4n) is 13.8. The molecule has 258 valence electrons. The van der Waals surface area contributed by atoms with Crippen LogP contribution >= 0.6 is 0 Å². The second-order valence-corrected chi connectivity index (χ2v) is 17.6. The summed E-state index contributed by atoms with van der Waals surface area (Å²) in [7, 11) is 0. The summed E-state index contributed by atoms with van der Waals surface area (Å²) in [6, 6.07) is 49.0. The average Bonchev–Trinajstić information content (AvgIpc) is 3.96. The Balaban J connectivity index is 1.06. The van der Waals surface area contributed by atoms with Crippen molar-refractivity contribution in [2.24, 2.45) is 23.7 Å². The van der Waals surface area contributed by atoms with E-state index in [1.807, 2.05) is 0 Å². The van der Waals surface area contributed by atoms with Crippen molar-refractivity contribution < 1.29 is 4.42 Å². The summed E-state index contributed by atoms with van der Waals surface area (Å²) in [5.74, 6) is 3.39. The summed E-state index contributed by atoms with van der Waals surface area (Å²) in [5.41, 5.74) is 17.8. The molecular weight excluding hydrogens is 643 g/mol. The summed E-state index contributed by atoms with van der Waals surface area (Å²) in [5, 5.41) is 2.34. The number of para-hydroxylation sites is 1. The van der Waals surface area contributed by atoms with Crippen LogP contribution in [0.3, 0.4) is 0 Å². The average molecular weight is 686 g/mol. The molecular formula is C51H43NO. The van der Waals surface area contributed by atoms with Gasteiger partial charge in [-0.2, -0.15) is 0 Å². The highest BCUT2D eigenvalue weighted by Gasteiger charge is 2.61. The van der Waals surface area contributed by atoms with Crippen molar-refractivity contribution in [2.75, 3.05) is 4.90 Å². The predicted octanol–water partition coefficient (Wildman–Crippen LogP) is 13.6. The molecule has 1 heterocycles. The molecule has 6 aromatic carbocycles. The van der Waals surface area contributed by atoms with Crippen LogP contribution in [-0.2, 0) is 10.8 Å². The minimum Gasteiger partial charge on any atom is -0.456 e. The molecule has 0 amide bonds. The lowest BCUT2D eigenvalue weighted by molar-refractivity contribution is -0.0399. The lowest BCUT2D eigenvalue weighted by Crippen LogP contribution is -2.55. The first-order chi connectivity index (χ1) is 26.2. The van der Waals surface area contributed by atoms with Crippen LogP contribution in [-0.4, -0.2) is 0 Å². The van der Waals surface area contributed by atoms with Gasteiger partial charge in [0.15, 0.2) is 0 Å². The van der Waals surface area contributed by atoms with Crippen molar-refractivity contribution >= 4 is 39.0 Å². The summed E-state index contributed by atoms with van der Waals surface area (Å²) >= 11 is 0. The monoisotopic (exact) mass is 685 g/mol. The molecule has 14 rings (SSSR count). The highest BCUT2D eigenvalue weighted by atomic mass is 16.3. The number of hydrogen-bond donors (Lipinski definition) is 0. The molecule has 0 N–H and O–H groups in total. The van der Waals surface area contributed by atoms with Crippen LogP contribution in [0.5, 0.6) is 0 Å². The molecule has 4 bridgehead atoms. The highest BCUT2D eigenvalue weighted by molar-refractivity contribution is 6.13. The zero-order valence-electron chi connectivity index (χ0n) is 30.2. The topological polar surface area (TPSA) is 16.4 Å². The van der Waals surface area contributed by atoms with E-state index < -0.39 is 0 Å². The zero-order valence-corrected chi connectivity index (χ0v) is 30.2. The van der Waals surface area contributed by atoms with Gasteiger partial charge in [-0.1, -0.05) is 97.8 Å². The van der Waals surface area contributed by atoms with Crippen LogP contribution in [0, 0.1) is 23.7 Å². The van der Waals surface area contributed by atoms with Crippen LogP contribution in [0.2, 0.25) is 0 Å². The molecule has 53 heavy (non-hydrogen) atoms. The number of hydrogen-bond acceptors (Lipinski definition) is 2. The minimum atomic E-state index is 0.153. The van der Waals surface area contributed by atoms with E-state index in [2.05, 4.69) is 132 Å². The second-order valence-electron chi connectivity index (χ2n) is 17.6. The van der Waals surface area contributed by atoms with Crippen molar-refractivity contribution in [3.8, 4) is 22.3 Å². The molecule has 7 aliphatic carbocycles. The first kappa shape index (κ1) is 29.4. The molecule has 2 heteroatoms. The van der Waals surface area contributed by atoms with Crippen molar-refractivity contribution in [3.05, 3.63) is 150 Å². The molecule has 0 aliphatic heterocycles. The summed E-state index contributed by atoms with van der Waals surface area (Å²) in [4.78, 5) is 2.55. The third-order valence-electron chi connectivity index (χ3n) is 15.4. The van der Waals surface area contributed by atoms with Gasteiger partial charge in [-0.3, -0.25) is 0 Å². The molecule has 1 aromatic heterocycles. The lowest BCUT2D eigenvalue weighted by atomic mass is 9.43. The van der Waals surface area contributed by atoms with Gasteiger partial charge in [0.1, 0.15) is 11.2 Å². The van der Waals surface area contributed by atoms with Gasteiger partial charge in [-0.25, -0.2) is 0 Å². The van der Waals surface area contributed by atoms with E-state index in [1.54, 1.807) is 11.1 Å². The van der Waals surface area contributed by atoms with Gasteiger partial charge in [0.05, 0.1) is 11.1 Å². The van der Waals surface area contributed by atoms with Crippen molar-refractivity contribution in [2.45, 2.75) is 68.6 Å². The third-order valence-corrected chi connectivity index (χ3v) is 15.4. The first-order valence-electron chi connectivity index (χ1n) is 20.4. The van der Waals surface area contributed by atoms with Crippen LogP contribution in [0.15, 0.2) is 132 Å². The fourth-order valence-corrected chi connectivity index (χ4v) is 13.8. The Bertz CT molecular complexity index is 2640. The van der Waals surface area contributed by atoms with Crippen LogP contribution in [0.25, 0.3) is 44.2 Å². The maximum Gasteiger partial charge on any atom is 0.137 e. The maximum absolute atomic E-state index is 6.52. The first-order valence-corrected chi connectivity index (χ1v) is 20.4. The Morgan fingerprint density at radius 3 is 1.81 bits per heavy atom. The van der Waals surface area contributed by atoms with Gasteiger partial charge in [-0.15, -0.1) is 0 Å². The Morgan fingerprint density at radius 1 is 0.491 bits per heavy atom. The lowest BCUT2D eigenvalue weighted by Gasteiger charge is -2.61. The quantitative estimate of drug-likeness (QED) is 0.184. The van der Waals surface area contributed by atoms with Crippen molar-refractivity contribution in [1.29, 1.82) is 0 Å². The molecule has 5 saturated carbocycles.